The number of hydrogen-bond acceptors (Lipinski definition) is 16. The number of furan rings is 1. The van der Waals surface area contributed by atoms with Gasteiger partial charge < -0.3 is 52.2 Å². The molecule has 0 aromatic carbocycles. The molecule has 7 fully saturated rings. The van der Waals surface area contributed by atoms with Gasteiger partial charge >= 0.3 is 29.8 Å². The normalized spacial score (nSPS) is 49.1. The Hall–Kier alpha value is -3.57. The molecule has 1 N–H and O–H groups in total. The summed E-state index contributed by atoms with van der Waals surface area (Å²) in [6.45, 7) is 13.3. The van der Waals surface area contributed by atoms with E-state index in [2.05, 4.69) is 0 Å². The van der Waals surface area contributed by atoms with Crippen molar-refractivity contribution in [3.05, 3.63) is 24.2 Å². The van der Waals surface area contributed by atoms with Crippen LogP contribution in [0.2, 0.25) is 0 Å². The number of carbonyl (C=O) groups excluding carboxylic acids is 5. The standard InChI is InChI=1S/C40H52O16/c1-11-25(42)51-30-39(46)29(52-31(45)34(6)20(2)53-34)33(5)19-38(39)35(7,23(33)16-26(43)47-9)37-14-13-32(4,28(50-21(3)41)22-12-15-49-18-22)24(17-27(44)48-10)40(30,37)56-36(8,54-37)55-38/h12,15,18,20,23-24,28-30,46H,11,13-14,16-17,19H2,1-10H3. The number of rotatable bonds is 11. The van der Waals surface area contributed by atoms with Crippen molar-refractivity contribution in [2.75, 3.05) is 14.2 Å². The summed E-state index contributed by atoms with van der Waals surface area (Å²) in [6, 6.07) is 1.65. The van der Waals surface area contributed by atoms with Crippen LogP contribution in [0, 0.1) is 28.1 Å². The van der Waals surface area contributed by atoms with E-state index >= 15 is 0 Å². The fourth-order valence-corrected chi connectivity index (χ4v) is 13.1. The molecule has 4 bridgehead atoms. The lowest BCUT2D eigenvalue weighted by molar-refractivity contribution is -0.477. The smallest absolute Gasteiger partial charge is 0.341 e. The second kappa shape index (κ2) is 11.8. The molecule has 1 aromatic heterocycles. The first-order valence-corrected chi connectivity index (χ1v) is 19.3. The van der Waals surface area contributed by atoms with Gasteiger partial charge in [0, 0.05) is 54.4 Å². The highest BCUT2D eigenvalue weighted by molar-refractivity contribution is 5.83. The molecule has 4 heterocycles. The minimum absolute atomic E-state index is 0.0318. The van der Waals surface area contributed by atoms with Crippen LogP contribution in [0.5, 0.6) is 0 Å². The number of esters is 5. The van der Waals surface area contributed by atoms with Crippen LogP contribution in [-0.2, 0) is 66.6 Å². The van der Waals surface area contributed by atoms with Crippen molar-refractivity contribution in [3.63, 3.8) is 0 Å². The highest BCUT2D eigenvalue weighted by Crippen LogP contribution is 2.89. The summed E-state index contributed by atoms with van der Waals surface area (Å²) >= 11 is 0. The number of carbonyl (C=O) groups is 5. The first-order chi connectivity index (χ1) is 26.1. The first kappa shape index (κ1) is 39.3. The predicted molar refractivity (Wildman–Crippen MR) is 185 cm³/mol. The zero-order valence-corrected chi connectivity index (χ0v) is 33.5. The third-order valence-electron chi connectivity index (χ3n) is 15.5. The topological polar surface area (TPSA) is 205 Å². The van der Waals surface area contributed by atoms with E-state index in [1.165, 1.54) is 33.7 Å². The van der Waals surface area contributed by atoms with Crippen LogP contribution in [0.1, 0.15) is 106 Å². The number of hydrogen-bond donors (Lipinski definition) is 1. The lowest BCUT2D eigenvalue weighted by atomic mass is 9.33. The number of aliphatic hydroxyl groups is 1. The minimum Gasteiger partial charge on any atom is -0.472 e. The van der Waals surface area contributed by atoms with Gasteiger partial charge in [-0.25, -0.2) is 4.79 Å². The van der Waals surface area contributed by atoms with E-state index in [4.69, 9.17) is 47.0 Å². The summed E-state index contributed by atoms with van der Waals surface area (Å²) in [5, 5.41) is 14.1. The van der Waals surface area contributed by atoms with Gasteiger partial charge in [0.2, 0.25) is 0 Å². The van der Waals surface area contributed by atoms with Crippen molar-refractivity contribution in [1.29, 1.82) is 0 Å². The molecule has 3 aliphatic heterocycles. The van der Waals surface area contributed by atoms with Crippen LogP contribution in [0.4, 0.5) is 0 Å². The second-order valence-electron chi connectivity index (χ2n) is 17.9. The van der Waals surface area contributed by atoms with Crippen LogP contribution >= 0.6 is 0 Å². The Morgan fingerprint density at radius 2 is 1.50 bits per heavy atom. The Balaban J connectivity index is 1.46. The van der Waals surface area contributed by atoms with Gasteiger partial charge in [0.1, 0.15) is 29.0 Å². The molecule has 308 valence electrons. The number of ether oxygens (including phenoxy) is 9. The quantitative estimate of drug-likeness (QED) is 0.193. The molecule has 15 unspecified atom stereocenters. The van der Waals surface area contributed by atoms with E-state index in [1.807, 2.05) is 20.8 Å². The van der Waals surface area contributed by atoms with Crippen LogP contribution in [0.15, 0.2) is 23.0 Å². The van der Waals surface area contributed by atoms with Crippen molar-refractivity contribution >= 4 is 29.8 Å². The van der Waals surface area contributed by atoms with Gasteiger partial charge in [0.15, 0.2) is 17.3 Å². The molecule has 1 aromatic rings. The van der Waals surface area contributed by atoms with Gasteiger partial charge in [0.05, 0.1) is 39.3 Å². The number of epoxide rings is 1. The molecule has 8 rings (SSSR count). The second-order valence-corrected chi connectivity index (χ2v) is 17.9. The van der Waals surface area contributed by atoms with Crippen LogP contribution in [-0.4, -0.2) is 101 Å². The van der Waals surface area contributed by atoms with E-state index in [0.29, 0.717) is 5.56 Å². The summed E-state index contributed by atoms with van der Waals surface area (Å²) in [4.78, 5) is 68.4. The average Bonchev–Trinajstić information content (AvgIpc) is 3.47. The Kier molecular flexibility index (Phi) is 8.25. The van der Waals surface area contributed by atoms with Gasteiger partial charge in [-0.05, 0) is 45.1 Å². The maximum atomic E-state index is 14.2. The Labute approximate surface area is 324 Å². The zero-order valence-electron chi connectivity index (χ0n) is 33.5. The molecule has 16 heteroatoms. The Morgan fingerprint density at radius 3 is 2.05 bits per heavy atom. The third kappa shape index (κ3) is 4.29. The fraction of sp³-hybridized carbons (Fsp3) is 0.775. The van der Waals surface area contributed by atoms with E-state index in [9.17, 15) is 29.1 Å². The largest absolute Gasteiger partial charge is 0.472 e. The minimum atomic E-state index is -2.40. The molecule has 56 heavy (non-hydrogen) atoms. The van der Waals surface area contributed by atoms with Gasteiger partial charge in [-0.15, -0.1) is 0 Å². The number of methoxy groups -OCH3 is 2. The summed E-state index contributed by atoms with van der Waals surface area (Å²) < 4.78 is 62.3. The number of fused-ring (bicyclic) bond motifs is 2. The Bertz CT molecular complexity index is 1880. The Morgan fingerprint density at radius 1 is 0.875 bits per heavy atom. The van der Waals surface area contributed by atoms with E-state index in [-0.39, 0.29) is 32.1 Å². The molecule has 15 atom stereocenters. The lowest BCUT2D eigenvalue weighted by Gasteiger charge is -2.76. The first-order valence-electron chi connectivity index (χ1n) is 19.3. The third-order valence-corrected chi connectivity index (χ3v) is 15.5. The van der Waals surface area contributed by atoms with Crippen molar-refractivity contribution in [2.24, 2.45) is 28.1 Å². The summed E-state index contributed by atoms with van der Waals surface area (Å²) in [5.41, 5.74) is -12.5. The molecule has 7 aliphatic rings. The van der Waals surface area contributed by atoms with Gasteiger partial charge in [-0.3, -0.25) is 19.2 Å². The predicted octanol–water partition coefficient (Wildman–Crippen LogP) is 3.60. The van der Waals surface area contributed by atoms with Crippen molar-refractivity contribution < 1.29 is 76.1 Å². The molecule has 4 saturated carbocycles. The molecule has 3 saturated heterocycles. The molecule has 4 aliphatic carbocycles. The zero-order chi connectivity index (χ0) is 40.9. The lowest BCUT2D eigenvalue weighted by Crippen LogP contribution is -2.93. The molecular weight excluding hydrogens is 736 g/mol. The fourth-order valence-electron chi connectivity index (χ4n) is 13.1. The molecule has 2 spiro atoms. The van der Waals surface area contributed by atoms with Crippen LogP contribution in [0.25, 0.3) is 0 Å². The van der Waals surface area contributed by atoms with E-state index < -0.39 is 123 Å². The summed E-state index contributed by atoms with van der Waals surface area (Å²) in [6.07, 6.45) is -2.26. The van der Waals surface area contributed by atoms with Gasteiger partial charge in [-0.2, -0.15) is 0 Å². The SMILES string of the molecule is CCC(=O)OC1C2(O)C(OC(=O)C3(C)OC3C)C3(C)CC24OC2(C)OC15C(CC(=O)OC)C(C)(C(OC(C)=O)c1ccoc1)CCC5(O2)C4(C)C3CC(=O)OC. The molecule has 16 nitrogen and oxygen atoms in total. The van der Waals surface area contributed by atoms with Crippen LogP contribution < -0.4 is 0 Å². The van der Waals surface area contributed by atoms with Gasteiger partial charge in [0.25, 0.3) is 5.97 Å². The molecule has 0 radical (unpaired) electrons. The van der Waals surface area contributed by atoms with E-state index in [0.717, 1.165) is 0 Å². The van der Waals surface area contributed by atoms with Crippen LogP contribution in [0.3, 0.4) is 0 Å². The molecule has 0 amide bonds. The molecular formula is C40H52O16. The highest BCUT2D eigenvalue weighted by atomic mass is 16.9. The van der Waals surface area contributed by atoms with Gasteiger partial charge in [-0.1, -0.05) is 27.7 Å². The highest BCUT2D eigenvalue weighted by Gasteiger charge is 3.04. The maximum Gasteiger partial charge on any atom is 0.341 e. The van der Waals surface area contributed by atoms with Crippen molar-refractivity contribution in [3.8, 4) is 0 Å². The van der Waals surface area contributed by atoms with Crippen molar-refractivity contribution in [1.82, 2.24) is 0 Å². The monoisotopic (exact) mass is 788 g/mol. The summed E-state index contributed by atoms with van der Waals surface area (Å²) in [7, 11) is 2.51. The average molecular weight is 789 g/mol. The maximum absolute atomic E-state index is 14.2. The van der Waals surface area contributed by atoms with Crippen molar-refractivity contribution in [2.45, 2.75) is 152 Å². The summed E-state index contributed by atoms with van der Waals surface area (Å²) in [5.74, 6) is -7.22. The van der Waals surface area contributed by atoms with E-state index in [1.54, 1.807) is 33.8 Å².